The second-order valence-electron chi connectivity index (χ2n) is 16.9. The molecule has 80 heavy (non-hydrogen) atoms. The molecule has 2 heterocycles. The van der Waals surface area contributed by atoms with E-state index >= 15 is 0 Å². The van der Waals surface area contributed by atoms with Crippen molar-refractivity contribution in [2.75, 3.05) is 19.6 Å². The van der Waals surface area contributed by atoms with E-state index in [1.807, 2.05) is 126 Å². The number of rotatable bonds is 30. The minimum atomic E-state index is -1.10. The van der Waals surface area contributed by atoms with Crippen molar-refractivity contribution in [1.82, 2.24) is 26.3 Å². The van der Waals surface area contributed by atoms with Gasteiger partial charge in [-0.2, -0.15) is 5.48 Å². The van der Waals surface area contributed by atoms with Crippen molar-refractivity contribution < 1.29 is 97.5 Å². The summed E-state index contributed by atoms with van der Waals surface area (Å²) in [7, 11) is 0. The average molecular weight is 1160 g/mol. The maximum absolute atomic E-state index is 13.4. The zero-order valence-electron chi connectivity index (χ0n) is 44.8. The molecule has 2 aromatic heterocycles. The van der Waals surface area contributed by atoms with Gasteiger partial charge in [0.15, 0.2) is 6.10 Å². The summed E-state index contributed by atoms with van der Waals surface area (Å²) >= 11 is 3.17. The van der Waals surface area contributed by atoms with Gasteiger partial charge in [-0.05, 0) is 97.4 Å². The SMILES string of the molecule is CC(=O)O[C@@H](CCCCNC(=O)OCc1ccccc1)C(=O)N(Cc1cccs1)Cc1cccs1.N[C@@H](CCCCNC(=O)OCc1ccccc1)C(=O)O.O=C(NCCCC[C@H](NO)C(=O)O)OCc1ccccc1.O=N[O-].[Na+]. The van der Waals surface area contributed by atoms with Gasteiger partial charge in [0.05, 0.1) is 13.1 Å². The molecule has 0 unspecified atom stereocenters. The van der Waals surface area contributed by atoms with Gasteiger partial charge in [0.1, 0.15) is 31.9 Å². The van der Waals surface area contributed by atoms with Crippen LogP contribution in [0.2, 0.25) is 0 Å². The molecule has 0 spiro atoms. The van der Waals surface area contributed by atoms with Crippen LogP contribution in [0.25, 0.3) is 0 Å². The van der Waals surface area contributed by atoms with E-state index in [1.165, 1.54) is 6.92 Å². The fourth-order valence-corrected chi connectivity index (χ4v) is 8.15. The average Bonchev–Trinajstić information content (AvgIpc) is 4.18. The Morgan fingerprint density at radius 3 is 1.29 bits per heavy atom. The third kappa shape index (κ3) is 34.8. The van der Waals surface area contributed by atoms with Crippen LogP contribution in [0.5, 0.6) is 0 Å². The molecule has 0 aliphatic heterocycles. The number of hydrogen-bond donors (Lipinski definition) is 8. The number of unbranched alkanes of at least 4 members (excludes halogenated alkanes) is 3. The number of amides is 4. The van der Waals surface area contributed by atoms with E-state index in [9.17, 15) is 33.6 Å². The van der Waals surface area contributed by atoms with E-state index in [1.54, 1.807) is 33.1 Å². The Kier molecular flexibility index (Phi) is 39.8. The van der Waals surface area contributed by atoms with Crippen molar-refractivity contribution in [3.8, 4) is 0 Å². The number of alkyl carbamates (subject to hydrolysis) is 3. The number of ether oxygens (including phenoxy) is 4. The molecule has 0 aliphatic rings. The first-order chi connectivity index (χ1) is 38.1. The smallest absolute Gasteiger partial charge is 0.480 e. The number of nitrogens with one attached hydrogen (secondary N) is 4. The van der Waals surface area contributed by atoms with Gasteiger partial charge in [0.2, 0.25) is 0 Å². The number of carboxylic acid groups (broad SMARTS) is 2. The van der Waals surface area contributed by atoms with Gasteiger partial charge >= 0.3 is 65.7 Å². The van der Waals surface area contributed by atoms with Gasteiger partial charge in [0.25, 0.3) is 5.91 Å². The van der Waals surface area contributed by atoms with E-state index in [-0.39, 0.29) is 61.7 Å². The molecule has 26 heteroatoms. The van der Waals surface area contributed by atoms with E-state index in [0.29, 0.717) is 84.1 Å². The number of benzene rings is 3. The zero-order valence-corrected chi connectivity index (χ0v) is 48.4. The summed E-state index contributed by atoms with van der Waals surface area (Å²) in [6, 6.07) is 34.3. The van der Waals surface area contributed by atoms with Crippen molar-refractivity contribution in [2.24, 2.45) is 11.1 Å². The van der Waals surface area contributed by atoms with Gasteiger partial charge in [-0.25, -0.2) is 14.4 Å². The van der Waals surface area contributed by atoms with Crippen molar-refractivity contribution in [3.63, 3.8) is 0 Å². The molecule has 5 rings (SSSR count). The number of nitrogens with zero attached hydrogens (tertiary/aromatic N) is 2. The summed E-state index contributed by atoms with van der Waals surface area (Å²) in [6.45, 7) is 4.13. The first-order valence-corrected chi connectivity index (χ1v) is 26.8. The molecule has 0 radical (unpaired) electrons. The molecule has 3 aromatic carbocycles. The van der Waals surface area contributed by atoms with Crippen LogP contribution in [0.3, 0.4) is 0 Å². The number of carbonyl (C=O) groups excluding carboxylic acids is 5. The van der Waals surface area contributed by atoms with Crippen LogP contribution in [0.4, 0.5) is 14.4 Å². The molecule has 0 saturated heterocycles. The maximum Gasteiger partial charge on any atom is 1.00 e. The Morgan fingerprint density at radius 1 is 0.588 bits per heavy atom. The minimum Gasteiger partial charge on any atom is -0.480 e. The number of carboxylic acids is 2. The summed E-state index contributed by atoms with van der Waals surface area (Å²) < 4.78 is 20.7. The molecule has 0 fully saturated rings. The number of hydroxylamine groups is 1. The molecule has 23 nitrogen and oxygen atoms in total. The topological polar surface area (TPSA) is 347 Å². The summed E-state index contributed by atoms with van der Waals surface area (Å²) in [5.74, 6) is -2.80. The molecule has 0 saturated carbocycles. The largest absolute Gasteiger partial charge is 1.00 e. The number of esters is 1. The fraction of sp³-hybridized carbons (Fsp3) is 0.389. The molecule has 0 aliphatic carbocycles. The normalized spacial score (nSPS) is 11.1. The Labute approximate surface area is 494 Å². The van der Waals surface area contributed by atoms with Gasteiger partial charge in [-0.3, -0.25) is 19.2 Å². The minimum absolute atomic E-state index is 0. The second kappa shape index (κ2) is 44.8. The second-order valence-corrected chi connectivity index (χ2v) is 19.0. The van der Waals surface area contributed by atoms with Crippen LogP contribution in [-0.4, -0.2) is 100 Å². The van der Waals surface area contributed by atoms with Crippen LogP contribution in [0.15, 0.2) is 131 Å². The summed E-state index contributed by atoms with van der Waals surface area (Å²) in [5.41, 5.74) is 9.84. The predicted octanol–water partition coefficient (Wildman–Crippen LogP) is 5.63. The van der Waals surface area contributed by atoms with Crippen LogP contribution < -0.4 is 56.7 Å². The third-order valence-corrected chi connectivity index (χ3v) is 12.4. The molecule has 5 aromatic rings. The Morgan fingerprint density at radius 2 is 0.963 bits per heavy atom. The zero-order chi connectivity index (χ0) is 57.9. The summed E-state index contributed by atoms with van der Waals surface area (Å²) in [4.78, 5) is 92.7. The third-order valence-electron chi connectivity index (χ3n) is 10.7. The molecular formula is C54H70N7NaO16S2. The van der Waals surface area contributed by atoms with Crippen molar-refractivity contribution in [1.29, 1.82) is 0 Å². The number of aliphatic carboxylic acids is 2. The molecule has 4 amide bonds. The van der Waals surface area contributed by atoms with Crippen LogP contribution in [0.1, 0.15) is 91.2 Å². The number of hydrogen-bond acceptors (Lipinski definition) is 19. The van der Waals surface area contributed by atoms with Crippen molar-refractivity contribution in [3.05, 3.63) is 163 Å². The fourth-order valence-electron chi connectivity index (χ4n) is 6.71. The molecule has 430 valence electrons. The Hall–Kier alpha value is -6.97. The molecule has 0 bridgehead atoms. The summed E-state index contributed by atoms with van der Waals surface area (Å²) in [5, 5.41) is 46.7. The van der Waals surface area contributed by atoms with Gasteiger partial charge < -0.3 is 71.1 Å². The van der Waals surface area contributed by atoms with Gasteiger partial charge in [-0.15, -0.1) is 28.0 Å². The predicted molar refractivity (Wildman–Crippen MR) is 295 cm³/mol. The first kappa shape index (κ1) is 71.0. The standard InChI is InChI=1S/C26H30N2O5S2.C14H20N2O5.C14H20N2O4.HNO2.Na/c1-20(29)33-24(13-5-6-14-27-26(31)32-19-21-9-3-2-4-10-21)25(30)28(17-22-11-7-15-34-22)18-23-12-8-16-35-23;17-13(18)12(16-20)8-4-5-9-15-14(19)21-10-11-6-2-1-3-7-11;15-12(13(17)18)8-4-5-9-16-14(19)20-10-11-6-2-1-3-7-11;2-1-3;/h2-4,7-12,15-16,24H,5-6,13-14,17-19H2,1H3,(H,27,31);1-3,6-7,12,16,20H,4-5,8-10H2,(H,15,19)(H,17,18);1-3,6-7,12H,4-5,8-10,15H2,(H,16,19)(H,17,18);(H,2,3);/q;;;;+1/p-1/t24-;2*12-;;/m000../s1. The molecule has 3 atom stereocenters. The van der Waals surface area contributed by atoms with E-state index in [2.05, 4.69) is 16.0 Å². The van der Waals surface area contributed by atoms with E-state index in [0.717, 1.165) is 31.8 Å². The van der Waals surface area contributed by atoms with E-state index < -0.39 is 54.4 Å². The number of thiophene rings is 2. The molecule has 9 N–H and O–H groups in total. The van der Waals surface area contributed by atoms with Crippen LogP contribution in [0, 0.1) is 10.1 Å². The maximum atomic E-state index is 13.4. The Balaban J connectivity index is 0.000000615. The van der Waals surface area contributed by atoms with Crippen LogP contribution >= 0.6 is 22.7 Å². The molecular weight excluding hydrogens is 1090 g/mol. The van der Waals surface area contributed by atoms with Crippen molar-refractivity contribution >= 4 is 64.8 Å². The van der Waals surface area contributed by atoms with Crippen LogP contribution in [-0.2, 0) is 71.0 Å². The number of nitrogens with two attached hydrogens (primary N) is 1. The van der Waals surface area contributed by atoms with E-state index in [4.69, 9.17) is 50.2 Å². The van der Waals surface area contributed by atoms with Crippen molar-refractivity contribution in [2.45, 2.75) is 116 Å². The summed E-state index contributed by atoms with van der Waals surface area (Å²) in [6.07, 6.45) is 2.44. The number of carbonyl (C=O) groups is 7. The van der Waals surface area contributed by atoms with Gasteiger partial charge in [0, 0.05) is 36.3 Å². The Bertz CT molecular complexity index is 2430. The first-order valence-electron chi connectivity index (χ1n) is 25.1. The monoisotopic (exact) mass is 1160 g/mol. The van der Waals surface area contributed by atoms with Gasteiger partial charge in [-0.1, -0.05) is 103 Å². The quantitative estimate of drug-likeness (QED) is 0.00689.